The van der Waals surface area contributed by atoms with Crippen molar-refractivity contribution in [2.75, 3.05) is 13.7 Å². The Hall–Kier alpha value is -1.39. The molecule has 116 valence electrons. The summed E-state index contributed by atoms with van der Waals surface area (Å²) in [6.07, 6.45) is 0.878. The molecule has 0 spiro atoms. The van der Waals surface area contributed by atoms with Crippen molar-refractivity contribution in [1.29, 1.82) is 0 Å². The molecule has 1 aromatic rings. The molecule has 0 bridgehead atoms. The van der Waals surface area contributed by atoms with Crippen molar-refractivity contribution in [2.45, 2.75) is 51.3 Å². The number of methoxy groups -OCH3 is 1. The highest BCUT2D eigenvalue weighted by Gasteiger charge is 2.29. The van der Waals surface area contributed by atoms with Crippen molar-refractivity contribution in [3.63, 3.8) is 0 Å². The zero-order valence-electron chi connectivity index (χ0n) is 13.3. The molecular weight excluding hydrogens is 264 g/mol. The van der Waals surface area contributed by atoms with Crippen molar-refractivity contribution in [3.8, 4) is 0 Å². The van der Waals surface area contributed by atoms with Gasteiger partial charge in [-0.3, -0.25) is 4.79 Å². The second-order valence-electron chi connectivity index (χ2n) is 6.11. The fraction of sp³-hybridized carbons (Fsp3) is 0.588. The van der Waals surface area contributed by atoms with Crippen LogP contribution in [-0.2, 0) is 9.53 Å². The van der Waals surface area contributed by atoms with Gasteiger partial charge in [0.25, 0.3) is 0 Å². The Morgan fingerprint density at radius 1 is 1.24 bits per heavy atom. The number of amides is 1. The number of hydrogen-bond acceptors (Lipinski definition) is 3. The quantitative estimate of drug-likeness (QED) is 0.875. The first-order chi connectivity index (χ1) is 10.0. The maximum atomic E-state index is 12.2. The zero-order valence-corrected chi connectivity index (χ0v) is 13.3. The van der Waals surface area contributed by atoms with E-state index < -0.39 is 0 Å². The Morgan fingerprint density at radius 3 is 2.38 bits per heavy atom. The molecule has 3 unspecified atom stereocenters. The molecule has 0 saturated carbocycles. The van der Waals surface area contributed by atoms with Gasteiger partial charge < -0.3 is 15.4 Å². The lowest BCUT2D eigenvalue weighted by Gasteiger charge is -2.18. The number of hydrogen-bond donors (Lipinski definition) is 2. The minimum absolute atomic E-state index is 0.0158. The molecular formula is C17H26N2O2. The van der Waals surface area contributed by atoms with Crippen molar-refractivity contribution >= 4 is 5.91 Å². The van der Waals surface area contributed by atoms with Crippen LogP contribution in [0.2, 0.25) is 0 Å². The van der Waals surface area contributed by atoms with Crippen molar-refractivity contribution in [3.05, 3.63) is 35.4 Å². The lowest BCUT2D eigenvalue weighted by molar-refractivity contribution is -0.123. The molecule has 4 nitrogen and oxygen atoms in total. The number of carbonyl (C=O) groups is 1. The molecule has 2 N–H and O–H groups in total. The Bertz CT molecular complexity index is 470. The third-order valence-electron chi connectivity index (χ3n) is 4.20. The Kier molecular flexibility index (Phi) is 5.37. The second-order valence-corrected chi connectivity index (χ2v) is 6.11. The molecule has 1 aromatic carbocycles. The molecule has 0 radical (unpaired) electrons. The van der Waals surface area contributed by atoms with Gasteiger partial charge >= 0.3 is 0 Å². The average molecular weight is 290 g/mol. The predicted molar refractivity (Wildman–Crippen MR) is 84.3 cm³/mol. The third kappa shape index (κ3) is 4.05. The van der Waals surface area contributed by atoms with Gasteiger partial charge in [0.1, 0.15) is 0 Å². The van der Waals surface area contributed by atoms with E-state index in [-0.39, 0.29) is 24.1 Å². The Labute approximate surface area is 127 Å². The van der Waals surface area contributed by atoms with Crippen LogP contribution in [0.15, 0.2) is 24.3 Å². The van der Waals surface area contributed by atoms with E-state index in [0.717, 1.165) is 18.5 Å². The molecule has 1 amide bonds. The SMILES string of the molecule is COC1CNC(C(=O)NC(C)c2ccc(C(C)C)cc2)C1. The van der Waals surface area contributed by atoms with E-state index in [1.807, 2.05) is 6.92 Å². The minimum Gasteiger partial charge on any atom is -0.380 e. The van der Waals surface area contributed by atoms with Gasteiger partial charge in [0.2, 0.25) is 5.91 Å². The number of ether oxygens (including phenoxy) is 1. The maximum Gasteiger partial charge on any atom is 0.237 e. The molecule has 1 aliphatic rings. The summed E-state index contributed by atoms with van der Waals surface area (Å²) in [7, 11) is 1.69. The van der Waals surface area contributed by atoms with Gasteiger partial charge in [0.05, 0.1) is 18.2 Å². The zero-order chi connectivity index (χ0) is 15.4. The highest BCUT2D eigenvalue weighted by molar-refractivity contribution is 5.82. The third-order valence-corrected chi connectivity index (χ3v) is 4.20. The average Bonchev–Trinajstić information content (AvgIpc) is 2.96. The van der Waals surface area contributed by atoms with Gasteiger partial charge in [0.15, 0.2) is 0 Å². The summed E-state index contributed by atoms with van der Waals surface area (Å²) in [5, 5.41) is 6.28. The normalized spacial score (nSPS) is 23.3. The Balaban J connectivity index is 1.91. The van der Waals surface area contributed by atoms with E-state index in [9.17, 15) is 4.79 Å². The fourth-order valence-corrected chi connectivity index (χ4v) is 2.65. The van der Waals surface area contributed by atoms with Crippen LogP contribution in [-0.4, -0.2) is 31.7 Å². The van der Waals surface area contributed by atoms with E-state index in [0.29, 0.717) is 5.92 Å². The van der Waals surface area contributed by atoms with Crippen LogP contribution in [0.1, 0.15) is 50.3 Å². The highest BCUT2D eigenvalue weighted by atomic mass is 16.5. The molecule has 1 saturated heterocycles. The van der Waals surface area contributed by atoms with Gasteiger partial charge in [-0.1, -0.05) is 38.1 Å². The van der Waals surface area contributed by atoms with Crippen LogP contribution < -0.4 is 10.6 Å². The largest absolute Gasteiger partial charge is 0.380 e. The van der Waals surface area contributed by atoms with Crippen LogP contribution in [0.25, 0.3) is 0 Å². The standard InChI is InChI=1S/C17H26N2O2/c1-11(2)13-5-7-14(8-6-13)12(3)19-17(20)16-9-15(21-4)10-18-16/h5-8,11-12,15-16,18H,9-10H2,1-4H3,(H,19,20). The molecule has 21 heavy (non-hydrogen) atoms. The number of benzene rings is 1. The first-order valence-corrected chi connectivity index (χ1v) is 7.67. The van der Waals surface area contributed by atoms with Crippen LogP contribution >= 0.6 is 0 Å². The monoisotopic (exact) mass is 290 g/mol. The van der Waals surface area contributed by atoms with E-state index in [4.69, 9.17) is 4.74 Å². The number of nitrogens with one attached hydrogen (secondary N) is 2. The van der Waals surface area contributed by atoms with E-state index >= 15 is 0 Å². The van der Waals surface area contributed by atoms with Crippen LogP contribution in [0, 0.1) is 0 Å². The summed E-state index contributed by atoms with van der Waals surface area (Å²) in [6.45, 7) is 7.12. The van der Waals surface area contributed by atoms with Crippen LogP contribution in [0.3, 0.4) is 0 Å². The van der Waals surface area contributed by atoms with Crippen molar-refractivity contribution < 1.29 is 9.53 Å². The van der Waals surface area contributed by atoms with Crippen molar-refractivity contribution in [2.24, 2.45) is 0 Å². The summed E-state index contributed by atoms with van der Waals surface area (Å²) in [5.41, 5.74) is 2.45. The minimum atomic E-state index is -0.146. The fourth-order valence-electron chi connectivity index (χ4n) is 2.65. The number of rotatable bonds is 5. The summed E-state index contributed by atoms with van der Waals surface area (Å²) in [5.74, 6) is 0.576. The molecule has 0 aliphatic carbocycles. The molecule has 1 aliphatic heterocycles. The molecule has 1 heterocycles. The lowest BCUT2D eigenvalue weighted by Crippen LogP contribution is -2.41. The first-order valence-electron chi connectivity index (χ1n) is 7.67. The topological polar surface area (TPSA) is 50.4 Å². The van der Waals surface area contributed by atoms with Gasteiger partial charge in [-0.2, -0.15) is 0 Å². The molecule has 2 rings (SSSR count). The summed E-state index contributed by atoms with van der Waals surface area (Å²) < 4.78 is 5.27. The first kappa shape index (κ1) is 16.0. The van der Waals surface area contributed by atoms with E-state index in [2.05, 4.69) is 48.7 Å². The number of carbonyl (C=O) groups excluding carboxylic acids is 1. The molecule has 0 aromatic heterocycles. The van der Waals surface area contributed by atoms with Gasteiger partial charge in [-0.25, -0.2) is 0 Å². The van der Waals surface area contributed by atoms with E-state index in [1.165, 1.54) is 5.56 Å². The van der Waals surface area contributed by atoms with E-state index in [1.54, 1.807) is 7.11 Å². The maximum absolute atomic E-state index is 12.2. The predicted octanol–water partition coefficient (Wildman–Crippen LogP) is 2.36. The van der Waals surface area contributed by atoms with Gasteiger partial charge in [0, 0.05) is 13.7 Å². The van der Waals surface area contributed by atoms with Gasteiger partial charge in [-0.15, -0.1) is 0 Å². The smallest absolute Gasteiger partial charge is 0.237 e. The molecule has 4 heteroatoms. The molecule has 1 fully saturated rings. The lowest BCUT2D eigenvalue weighted by atomic mass is 9.99. The second kappa shape index (κ2) is 7.05. The summed E-state index contributed by atoms with van der Waals surface area (Å²) in [4.78, 5) is 12.2. The Morgan fingerprint density at radius 2 is 1.86 bits per heavy atom. The highest BCUT2D eigenvalue weighted by Crippen LogP contribution is 2.19. The van der Waals surface area contributed by atoms with Crippen molar-refractivity contribution in [1.82, 2.24) is 10.6 Å². The molecule has 3 atom stereocenters. The van der Waals surface area contributed by atoms with Crippen LogP contribution in [0.5, 0.6) is 0 Å². The summed E-state index contributed by atoms with van der Waals surface area (Å²) >= 11 is 0. The van der Waals surface area contributed by atoms with Gasteiger partial charge in [-0.05, 0) is 30.4 Å². The van der Waals surface area contributed by atoms with Crippen LogP contribution in [0.4, 0.5) is 0 Å². The summed E-state index contributed by atoms with van der Waals surface area (Å²) in [6, 6.07) is 8.34.